The number of piperidine rings is 1. The molecule has 2 aromatic carbocycles. The second-order valence-corrected chi connectivity index (χ2v) is 12.7. The monoisotopic (exact) mass is 531 g/mol. The minimum atomic E-state index is -0.199. The molecule has 3 aromatic rings. The third-order valence-corrected chi connectivity index (χ3v) is 10.7. The number of benzene rings is 2. The lowest BCUT2D eigenvalue weighted by Crippen LogP contribution is -2.43. The average Bonchev–Trinajstić information content (AvgIpc) is 3.22. The second kappa shape index (κ2) is 9.76. The van der Waals surface area contributed by atoms with E-state index in [0.29, 0.717) is 34.9 Å². The fraction of sp³-hybridized carbons (Fsp3) is 0.562. The first-order chi connectivity index (χ1) is 18.6. The molecule has 3 heterocycles. The molecule has 4 aliphatic rings. The van der Waals surface area contributed by atoms with Gasteiger partial charge in [0.05, 0.1) is 27.0 Å². The van der Waals surface area contributed by atoms with Crippen molar-refractivity contribution in [2.75, 3.05) is 19.7 Å². The number of fused-ring (bicyclic) bond motifs is 7. The second-order valence-electron chi connectivity index (χ2n) is 12.3. The maximum Gasteiger partial charge on any atom is 0.282 e. The third kappa shape index (κ3) is 3.88. The van der Waals surface area contributed by atoms with Gasteiger partial charge in [0.15, 0.2) is 0 Å². The van der Waals surface area contributed by atoms with E-state index in [1.54, 1.807) is 6.07 Å². The molecule has 1 N–H and O–H groups in total. The normalized spacial score (nSPS) is 25.5. The highest BCUT2D eigenvalue weighted by Gasteiger charge is 2.46. The van der Waals surface area contributed by atoms with Crippen molar-refractivity contribution in [3.8, 4) is 5.69 Å². The highest BCUT2D eigenvalue weighted by atomic mass is 35.5. The van der Waals surface area contributed by atoms with Crippen LogP contribution in [-0.2, 0) is 5.41 Å². The van der Waals surface area contributed by atoms with Gasteiger partial charge in [-0.2, -0.15) is 4.98 Å². The van der Waals surface area contributed by atoms with E-state index in [9.17, 15) is 9.90 Å². The molecule has 3 fully saturated rings. The highest BCUT2D eigenvalue weighted by Crippen LogP contribution is 2.52. The average molecular weight is 532 g/mol. The number of likely N-dealkylation sites (tertiary alicyclic amines) is 1. The highest BCUT2D eigenvalue weighted by molar-refractivity contribution is 6.35. The van der Waals surface area contributed by atoms with Crippen molar-refractivity contribution in [3.05, 3.63) is 68.7 Å². The van der Waals surface area contributed by atoms with E-state index in [2.05, 4.69) is 27.7 Å². The van der Waals surface area contributed by atoms with E-state index < -0.39 is 0 Å². The molecule has 2 aliphatic carbocycles. The summed E-state index contributed by atoms with van der Waals surface area (Å²) in [6.07, 6.45) is 12.9. The molecule has 38 heavy (non-hydrogen) atoms. The predicted octanol–water partition coefficient (Wildman–Crippen LogP) is 6.33. The molecule has 7 rings (SSSR count). The molecule has 0 radical (unpaired) electrons. The van der Waals surface area contributed by atoms with Gasteiger partial charge >= 0.3 is 0 Å². The number of halogens is 1. The molecule has 0 atom stereocenters. The molecule has 1 spiro atoms. The van der Waals surface area contributed by atoms with Crippen molar-refractivity contribution in [2.45, 2.75) is 88.0 Å². The molecular formula is C32H38ClN3O2. The summed E-state index contributed by atoms with van der Waals surface area (Å²) in [6, 6.07) is 13.6. The van der Waals surface area contributed by atoms with Gasteiger partial charge in [0, 0.05) is 12.6 Å². The molecule has 2 saturated carbocycles. The maximum absolute atomic E-state index is 13.2. The van der Waals surface area contributed by atoms with Gasteiger partial charge in [0.2, 0.25) is 0 Å². The van der Waals surface area contributed by atoms with Gasteiger partial charge < -0.3 is 10.0 Å². The van der Waals surface area contributed by atoms with Crippen molar-refractivity contribution in [1.29, 1.82) is 0 Å². The van der Waals surface area contributed by atoms with Crippen molar-refractivity contribution in [1.82, 2.24) is 14.5 Å². The molecule has 1 saturated heterocycles. The summed E-state index contributed by atoms with van der Waals surface area (Å²) in [6.45, 7) is 2.66. The number of aliphatic hydroxyl groups excluding tert-OH is 1. The molecule has 0 amide bonds. The van der Waals surface area contributed by atoms with Gasteiger partial charge in [-0.1, -0.05) is 49.1 Å². The molecule has 200 valence electrons. The van der Waals surface area contributed by atoms with Crippen LogP contribution in [0.15, 0.2) is 41.2 Å². The van der Waals surface area contributed by atoms with Crippen LogP contribution in [-0.4, -0.2) is 45.3 Å². The lowest BCUT2D eigenvalue weighted by atomic mass is 9.69. The van der Waals surface area contributed by atoms with Gasteiger partial charge in [0.25, 0.3) is 5.56 Å². The molecule has 6 heteroatoms. The van der Waals surface area contributed by atoms with Crippen LogP contribution in [0.25, 0.3) is 16.6 Å². The summed E-state index contributed by atoms with van der Waals surface area (Å²) >= 11 is 6.54. The van der Waals surface area contributed by atoms with Crippen molar-refractivity contribution in [3.63, 3.8) is 0 Å². The van der Waals surface area contributed by atoms with Gasteiger partial charge in [-0.3, -0.25) is 9.36 Å². The van der Waals surface area contributed by atoms with E-state index in [0.717, 1.165) is 37.3 Å². The van der Waals surface area contributed by atoms with Crippen LogP contribution in [0.2, 0.25) is 5.02 Å². The smallest absolute Gasteiger partial charge is 0.282 e. The number of hydrogen-bond acceptors (Lipinski definition) is 4. The maximum atomic E-state index is 13.2. The Hall–Kier alpha value is -2.21. The van der Waals surface area contributed by atoms with Crippen LogP contribution in [0.1, 0.15) is 93.5 Å². The number of rotatable bonds is 3. The molecule has 1 aromatic heterocycles. The van der Waals surface area contributed by atoms with E-state index in [1.807, 2.05) is 12.1 Å². The van der Waals surface area contributed by atoms with Crippen LogP contribution in [0.3, 0.4) is 0 Å². The first kappa shape index (κ1) is 24.8. The summed E-state index contributed by atoms with van der Waals surface area (Å²) in [4.78, 5) is 20.7. The SMILES string of the molecule is O=c1nc2n(c3cccc(Cl)c13)-c1cc(C3CCN(C4CCC(CO)CC4)CC3)ccc1C21CCCCC1. The summed E-state index contributed by atoms with van der Waals surface area (Å²) in [7, 11) is 0. The zero-order valence-corrected chi connectivity index (χ0v) is 22.9. The third-order valence-electron chi connectivity index (χ3n) is 10.4. The zero-order chi connectivity index (χ0) is 25.9. The van der Waals surface area contributed by atoms with E-state index in [1.165, 1.54) is 74.6 Å². The first-order valence-electron chi connectivity index (χ1n) is 14.8. The zero-order valence-electron chi connectivity index (χ0n) is 22.2. The molecule has 5 nitrogen and oxygen atoms in total. The Kier molecular flexibility index (Phi) is 6.37. The Bertz CT molecular complexity index is 1410. The predicted molar refractivity (Wildman–Crippen MR) is 153 cm³/mol. The van der Waals surface area contributed by atoms with Crippen LogP contribution in [0.5, 0.6) is 0 Å². The number of aromatic nitrogens is 2. The first-order valence-corrected chi connectivity index (χ1v) is 15.2. The lowest BCUT2D eigenvalue weighted by Gasteiger charge is -2.41. The summed E-state index contributed by atoms with van der Waals surface area (Å²) in [5.41, 5.74) is 4.50. The Morgan fingerprint density at radius 1 is 0.974 bits per heavy atom. The van der Waals surface area contributed by atoms with Crippen LogP contribution >= 0.6 is 11.6 Å². The minimum absolute atomic E-state index is 0.168. The standard InChI is InChI=1S/C32H38ClN3O2/c33-26-5-4-6-27-29(26)30(38)34-31-32(15-2-1-3-16-32)25-12-9-23(19-28(25)36(27)31)22-13-17-35(18-14-22)24-10-7-21(20-37)8-11-24/h4-6,9,12,19,21-22,24,37H,1-3,7-8,10-11,13-18,20H2. The van der Waals surface area contributed by atoms with E-state index >= 15 is 0 Å². The van der Waals surface area contributed by atoms with Crippen LogP contribution in [0.4, 0.5) is 0 Å². The van der Waals surface area contributed by atoms with Crippen molar-refractivity contribution in [2.24, 2.45) is 5.92 Å². The minimum Gasteiger partial charge on any atom is -0.396 e. The summed E-state index contributed by atoms with van der Waals surface area (Å²) in [5.74, 6) is 2.00. The Morgan fingerprint density at radius 3 is 2.47 bits per heavy atom. The molecule has 0 bridgehead atoms. The quantitative estimate of drug-likeness (QED) is 0.429. The van der Waals surface area contributed by atoms with Gasteiger partial charge in [-0.05, 0) is 106 Å². The van der Waals surface area contributed by atoms with E-state index in [4.69, 9.17) is 16.6 Å². The van der Waals surface area contributed by atoms with Gasteiger partial charge in [0.1, 0.15) is 5.82 Å². The van der Waals surface area contributed by atoms with Crippen molar-refractivity contribution >= 4 is 22.5 Å². The number of hydrogen-bond donors (Lipinski definition) is 1. The Labute approximate surface area is 229 Å². The molecular weight excluding hydrogens is 494 g/mol. The topological polar surface area (TPSA) is 58.4 Å². The number of aliphatic hydroxyl groups is 1. The van der Waals surface area contributed by atoms with Crippen molar-refractivity contribution < 1.29 is 5.11 Å². The number of nitrogens with zero attached hydrogens (tertiary/aromatic N) is 3. The summed E-state index contributed by atoms with van der Waals surface area (Å²) < 4.78 is 2.28. The van der Waals surface area contributed by atoms with Gasteiger partial charge in [-0.15, -0.1) is 0 Å². The fourth-order valence-corrected chi connectivity index (χ4v) is 8.49. The summed E-state index contributed by atoms with van der Waals surface area (Å²) in [5, 5.41) is 10.5. The Morgan fingerprint density at radius 2 is 1.74 bits per heavy atom. The fourth-order valence-electron chi connectivity index (χ4n) is 8.24. The molecule has 2 aliphatic heterocycles. The Balaban J connectivity index is 1.23. The van der Waals surface area contributed by atoms with Gasteiger partial charge in [-0.25, -0.2) is 0 Å². The largest absolute Gasteiger partial charge is 0.396 e. The van der Waals surface area contributed by atoms with Crippen LogP contribution < -0.4 is 5.56 Å². The van der Waals surface area contributed by atoms with E-state index in [-0.39, 0.29) is 11.0 Å². The molecule has 0 unspecified atom stereocenters. The van der Waals surface area contributed by atoms with Crippen LogP contribution in [0, 0.1) is 5.92 Å². The lowest BCUT2D eigenvalue weighted by molar-refractivity contribution is 0.0907.